The SMILES string of the molecule is I.N#Cc1ccc(OCCNC2=NCCCN2)cc1. The molecule has 0 spiro atoms. The van der Waals surface area contributed by atoms with Crippen molar-refractivity contribution in [3.8, 4) is 11.8 Å². The van der Waals surface area contributed by atoms with Crippen molar-refractivity contribution in [3.63, 3.8) is 0 Å². The molecule has 1 aromatic carbocycles. The lowest BCUT2D eigenvalue weighted by Gasteiger charge is -2.16. The smallest absolute Gasteiger partial charge is 0.191 e. The number of nitriles is 1. The summed E-state index contributed by atoms with van der Waals surface area (Å²) >= 11 is 0. The van der Waals surface area contributed by atoms with Crippen molar-refractivity contribution in [2.45, 2.75) is 6.42 Å². The number of hydrogen-bond acceptors (Lipinski definition) is 5. The summed E-state index contributed by atoms with van der Waals surface area (Å²) in [6.45, 7) is 3.12. The molecule has 1 heterocycles. The summed E-state index contributed by atoms with van der Waals surface area (Å²) in [5, 5.41) is 15.0. The highest BCUT2D eigenvalue weighted by Gasteiger charge is 2.02. The van der Waals surface area contributed by atoms with Crippen molar-refractivity contribution < 1.29 is 4.74 Å². The van der Waals surface area contributed by atoms with Gasteiger partial charge in [-0.05, 0) is 30.7 Å². The van der Waals surface area contributed by atoms with Crippen LogP contribution in [0.15, 0.2) is 29.3 Å². The van der Waals surface area contributed by atoms with E-state index in [9.17, 15) is 0 Å². The minimum atomic E-state index is 0. The van der Waals surface area contributed by atoms with E-state index in [4.69, 9.17) is 10.00 Å². The van der Waals surface area contributed by atoms with Gasteiger partial charge >= 0.3 is 0 Å². The molecule has 6 heteroatoms. The zero-order valence-corrected chi connectivity index (χ0v) is 12.9. The fourth-order valence-corrected chi connectivity index (χ4v) is 1.62. The molecule has 19 heavy (non-hydrogen) atoms. The number of halogens is 1. The highest BCUT2D eigenvalue weighted by atomic mass is 127. The van der Waals surface area contributed by atoms with Crippen molar-refractivity contribution >= 4 is 29.9 Å². The Labute approximate surface area is 130 Å². The first-order valence-corrected chi connectivity index (χ1v) is 6.03. The van der Waals surface area contributed by atoms with Gasteiger partial charge < -0.3 is 15.4 Å². The number of hydrogen-bond donors (Lipinski definition) is 2. The molecule has 0 saturated heterocycles. The lowest BCUT2D eigenvalue weighted by Crippen LogP contribution is -2.42. The van der Waals surface area contributed by atoms with E-state index in [1.165, 1.54) is 0 Å². The van der Waals surface area contributed by atoms with Crippen molar-refractivity contribution in [2.24, 2.45) is 4.99 Å². The quantitative estimate of drug-likeness (QED) is 0.621. The molecule has 0 bridgehead atoms. The van der Waals surface area contributed by atoms with Crippen LogP contribution in [0, 0.1) is 11.3 Å². The maximum Gasteiger partial charge on any atom is 0.191 e. The van der Waals surface area contributed by atoms with Crippen LogP contribution in [-0.4, -0.2) is 32.2 Å². The molecule has 2 N–H and O–H groups in total. The first-order chi connectivity index (χ1) is 8.88. The molecule has 0 fully saturated rings. The van der Waals surface area contributed by atoms with Gasteiger partial charge in [0, 0.05) is 13.1 Å². The van der Waals surface area contributed by atoms with Gasteiger partial charge in [-0.15, -0.1) is 24.0 Å². The molecule has 1 aromatic rings. The van der Waals surface area contributed by atoms with Gasteiger partial charge in [0.05, 0.1) is 18.2 Å². The minimum Gasteiger partial charge on any atom is -0.492 e. The predicted molar refractivity (Wildman–Crippen MR) is 85.0 cm³/mol. The fourth-order valence-electron chi connectivity index (χ4n) is 1.62. The standard InChI is InChI=1S/C13H16N4O.HI/c14-10-11-2-4-12(5-3-11)18-9-8-17-13-15-6-1-7-16-13;/h2-5H,1,6-9H2,(H2,15,16,17);1H. The van der Waals surface area contributed by atoms with Crippen LogP contribution in [0.1, 0.15) is 12.0 Å². The molecule has 2 rings (SSSR count). The largest absolute Gasteiger partial charge is 0.492 e. The van der Waals surface area contributed by atoms with Gasteiger partial charge in [0.25, 0.3) is 0 Å². The minimum absolute atomic E-state index is 0. The average molecular weight is 372 g/mol. The van der Waals surface area contributed by atoms with E-state index < -0.39 is 0 Å². The lowest BCUT2D eigenvalue weighted by atomic mass is 10.2. The van der Waals surface area contributed by atoms with Gasteiger partial charge in [-0.2, -0.15) is 5.26 Å². The Kier molecular flexibility index (Phi) is 7.03. The molecule has 1 aliphatic rings. The summed E-state index contributed by atoms with van der Waals surface area (Å²) in [5.74, 6) is 1.62. The van der Waals surface area contributed by atoms with Crippen molar-refractivity contribution in [3.05, 3.63) is 29.8 Å². The normalized spacial score (nSPS) is 13.3. The van der Waals surface area contributed by atoms with Crippen LogP contribution in [0.5, 0.6) is 5.75 Å². The van der Waals surface area contributed by atoms with E-state index in [1.807, 2.05) is 0 Å². The summed E-state index contributed by atoms with van der Waals surface area (Å²) in [4.78, 5) is 4.30. The van der Waals surface area contributed by atoms with Gasteiger partial charge in [0.1, 0.15) is 12.4 Å². The fraction of sp³-hybridized carbons (Fsp3) is 0.385. The Morgan fingerprint density at radius 1 is 1.37 bits per heavy atom. The second kappa shape index (κ2) is 8.58. The summed E-state index contributed by atoms with van der Waals surface area (Å²) in [6, 6.07) is 9.16. The van der Waals surface area contributed by atoms with Crippen molar-refractivity contribution in [1.82, 2.24) is 10.6 Å². The van der Waals surface area contributed by atoms with E-state index in [1.54, 1.807) is 24.3 Å². The summed E-state index contributed by atoms with van der Waals surface area (Å²) in [5.41, 5.74) is 0.640. The van der Waals surface area contributed by atoms with Crippen molar-refractivity contribution in [1.29, 1.82) is 5.26 Å². The van der Waals surface area contributed by atoms with Crippen LogP contribution < -0.4 is 15.4 Å². The number of aliphatic imine (C=N–C) groups is 1. The van der Waals surface area contributed by atoms with Crippen LogP contribution in [0.4, 0.5) is 0 Å². The third-order valence-electron chi connectivity index (χ3n) is 2.54. The molecule has 0 aliphatic carbocycles. The van der Waals surface area contributed by atoms with Crippen LogP contribution in [0.2, 0.25) is 0 Å². The Bertz CT molecular complexity index is 453. The highest BCUT2D eigenvalue weighted by molar-refractivity contribution is 14.0. The van der Waals surface area contributed by atoms with E-state index >= 15 is 0 Å². The van der Waals surface area contributed by atoms with E-state index in [0.29, 0.717) is 18.7 Å². The second-order valence-corrected chi connectivity index (χ2v) is 3.92. The van der Waals surface area contributed by atoms with Gasteiger partial charge in [-0.25, -0.2) is 0 Å². The van der Waals surface area contributed by atoms with Gasteiger partial charge in [-0.1, -0.05) is 0 Å². The number of nitrogens with one attached hydrogen (secondary N) is 2. The summed E-state index contributed by atoms with van der Waals surface area (Å²) in [7, 11) is 0. The zero-order chi connectivity index (χ0) is 12.6. The molecule has 0 unspecified atom stereocenters. The highest BCUT2D eigenvalue weighted by Crippen LogP contribution is 2.10. The number of guanidine groups is 1. The third kappa shape index (κ3) is 5.34. The Morgan fingerprint density at radius 3 is 2.79 bits per heavy atom. The molecular weight excluding hydrogens is 355 g/mol. The summed E-state index contributed by atoms with van der Waals surface area (Å²) < 4.78 is 5.54. The van der Waals surface area contributed by atoms with Gasteiger partial charge in [0.15, 0.2) is 5.96 Å². The second-order valence-electron chi connectivity index (χ2n) is 3.92. The van der Waals surface area contributed by atoms with E-state index in [2.05, 4.69) is 21.7 Å². The number of benzene rings is 1. The molecule has 1 aliphatic heterocycles. The monoisotopic (exact) mass is 372 g/mol. The van der Waals surface area contributed by atoms with Crippen molar-refractivity contribution in [2.75, 3.05) is 26.2 Å². The molecule has 0 saturated carbocycles. The topological polar surface area (TPSA) is 69.4 Å². The molecule has 0 atom stereocenters. The van der Waals surface area contributed by atoms with Crippen LogP contribution in [-0.2, 0) is 0 Å². The first kappa shape index (κ1) is 15.6. The third-order valence-corrected chi connectivity index (χ3v) is 2.54. The Hall–Kier alpha value is -1.49. The van der Waals surface area contributed by atoms with Crippen LogP contribution in [0.25, 0.3) is 0 Å². The molecule has 102 valence electrons. The first-order valence-electron chi connectivity index (χ1n) is 6.03. The number of rotatable bonds is 4. The number of ether oxygens (including phenoxy) is 1. The predicted octanol–water partition coefficient (Wildman–Crippen LogP) is 1.49. The Balaban J connectivity index is 0.00000180. The molecule has 0 amide bonds. The van der Waals surface area contributed by atoms with E-state index in [0.717, 1.165) is 31.2 Å². The molecule has 0 radical (unpaired) electrons. The maximum absolute atomic E-state index is 8.67. The van der Waals surface area contributed by atoms with Crippen LogP contribution >= 0.6 is 24.0 Å². The summed E-state index contributed by atoms with van der Waals surface area (Å²) in [6.07, 6.45) is 1.09. The van der Waals surface area contributed by atoms with Crippen LogP contribution in [0.3, 0.4) is 0 Å². The maximum atomic E-state index is 8.67. The molecule has 0 aromatic heterocycles. The Morgan fingerprint density at radius 2 is 2.16 bits per heavy atom. The number of nitrogens with zero attached hydrogens (tertiary/aromatic N) is 2. The van der Waals surface area contributed by atoms with Gasteiger partial charge in [-0.3, -0.25) is 4.99 Å². The lowest BCUT2D eigenvalue weighted by molar-refractivity contribution is 0.321. The van der Waals surface area contributed by atoms with E-state index in [-0.39, 0.29) is 24.0 Å². The van der Waals surface area contributed by atoms with Gasteiger partial charge in [0.2, 0.25) is 0 Å². The molecule has 5 nitrogen and oxygen atoms in total. The average Bonchev–Trinajstić information content (AvgIpc) is 2.45. The molecular formula is C13H17IN4O. The zero-order valence-electron chi connectivity index (χ0n) is 10.6.